The summed E-state index contributed by atoms with van der Waals surface area (Å²) < 4.78 is 0. The smallest absolute Gasteiger partial charge is 0.0396 e. The van der Waals surface area contributed by atoms with Crippen molar-refractivity contribution in [3.63, 3.8) is 0 Å². The Hall–Kier alpha value is -1.24. The van der Waals surface area contributed by atoms with Gasteiger partial charge in [-0.3, -0.25) is 0 Å². The molecular formula is C13H19N. The molecule has 0 fully saturated rings. The van der Waals surface area contributed by atoms with Crippen molar-refractivity contribution >= 4 is 5.69 Å². The maximum atomic E-state index is 2.27. The Bertz CT molecular complexity index is 320. The first-order valence-electron chi connectivity index (χ1n) is 5.00. The van der Waals surface area contributed by atoms with Crippen LogP contribution in [0.3, 0.4) is 0 Å². The van der Waals surface area contributed by atoms with Crippen molar-refractivity contribution in [2.24, 2.45) is 0 Å². The van der Waals surface area contributed by atoms with Crippen LogP contribution in [0.15, 0.2) is 35.9 Å². The monoisotopic (exact) mass is 189 g/mol. The van der Waals surface area contributed by atoms with Crippen LogP contribution in [0.1, 0.15) is 19.4 Å². The van der Waals surface area contributed by atoms with Gasteiger partial charge in [0.2, 0.25) is 0 Å². The molecule has 0 N–H and O–H groups in total. The van der Waals surface area contributed by atoms with Crippen LogP contribution in [0.4, 0.5) is 5.69 Å². The third-order valence-corrected chi connectivity index (χ3v) is 2.20. The van der Waals surface area contributed by atoms with E-state index in [2.05, 4.69) is 63.2 Å². The molecule has 14 heavy (non-hydrogen) atoms. The van der Waals surface area contributed by atoms with E-state index in [9.17, 15) is 0 Å². The molecule has 1 aromatic rings. The lowest BCUT2D eigenvalue weighted by atomic mass is 10.1. The average Bonchev–Trinajstić information content (AvgIpc) is 2.15. The SMILES string of the molecule is CC(C)=CCc1ccccc1N(C)C. The predicted molar refractivity (Wildman–Crippen MR) is 63.9 cm³/mol. The largest absolute Gasteiger partial charge is 0.377 e. The number of anilines is 1. The lowest BCUT2D eigenvalue weighted by molar-refractivity contribution is 1.09. The molecule has 1 rings (SSSR count). The minimum atomic E-state index is 1.02. The summed E-state index contributed by atoms with van der Waals surface area (Å²) in [5, 5.41) is 0. The van der Waals surface area contributed by atoms with E-state index in [1.165, 1.54) is 16.8 Å². The van der Waals surface area contributed by atoms with E-state index in [1.807, 2.05) is 0 Å². The minimum Gasteiger partial charge on any atom is -0.377 e. The second kappa shape index (κ2) is 4.85. The van der Waals surface area contributed by atoms with Gasteiger partial charge in [-0.2, -0.15) is 0 Å². The van der Waals surface area contributed by atoms with Gasteiger partial charge < -0.3 is 4.90 Å². The first-order valence-corrected chi connectivity index (χ1v) is 5.00. The summed E-state index contributed by atoms with van der Waals surface area (Å²) in [6, 6.07) is 8.53. The zero-order chi connectivity index (χ0) is 10.6. The molecule has 0 aliphatic carbocycles. The zero-order valence-corrected chi connectivity index (χ0v) is 9.54. The summed E-state index contributed by atoms with van der Waals surface area (Å²) in [6.45, 7) is 4.27. The highest BCUT2D eigenvalue weighted by Gasteiger charge is 2.00. The van der Waals surface area contributed by atoms with E-state index in [1.54, 1.807) is 0 Å². The van der Waals surface area contributed by atoms with Crippen LogP contribution in [0.25, 0.3) is 0 Å². The summed E-state index contributed by atoms with van der Waals surface area (Å²) in [6.07, 6.45) is 3.29. The summed E-state index contributed by atoms with van der Waals surface area (Å²) in [7, 11) is 4.17. The highest BCUT2D eigenvalue weighted by Crippen LogP contribution is 2.18. The second-order valence-corrected chi connectivity index (χ2v) is 4.01. The fraction of sp³-hybridized carbons (Fsp3) is 0.385. The number of para-hydroxylation sites is 1. The van der Waals surface area contributed by atoms with Crippen LogP contribution in [0.5, 0.6) is 0 Å². The molecular weight excluding hydrogens is 170 g/mol. The quantitative estimate of drug-likeness (QED) is 0.660. The second-order valence-electron chi connectivity index (χ2n) is 4.01. The van der Waals surface area contributed by atoms with Gasteiger partial charge in [0.15, 0.2) is 0 Å². The van der Waals surface area contributed by atoms with Gasteiger partial charge in [-0.25, -0.2) is 0 Å². The van der Waals surface area contributed by atoms with Crippen LogP contribution in [0.2, 0.25) is 0 Å². The van der Waals surface area contributed by atoms with Crippen molar-refractivity contribution in [1.29, 1.82) is 0 Å². The third-order valence-electron chi connectivity index (χ3n) is 2.20. The molecule has 0 aliphatic rings. The molecule has 0 aromatic heterocycles. The summed E-state index contributed by atoms with van der Waals surface area (Å²) in [4.78, 5) is 2.16. The predicted octanol–water partition coefficient (Wildman–Crippen LogP) is 3.26. The van der Waals surface area contributed by atoms with Gasteiger partial charge in [-0.15, -0.1) is 0 Å². The van der Waals surface area contributed by atoms with Crippen molar-refractivity contribution in [3.8, 4) is 0 Å². The Morgan fingerprint density at radius 2 is 1.86 bits per heavy atom. The van der Waals surface area contributed by atoms with Crippen molar-refractivity contribution in [2.45, 2.75) is 20.3 Å². The van der Waals surface area contributed by atoms with Crippen molar-refractivity contribution in [1.82, 2.24) is 0 Å². The number of hydrogen-bond acceptors (Lipinski definition) is 1. The van der Waals surface area contributed by atoms with Crippen LogP contribution in [-0.4, -0.2) is 14.1 Å². The highest BCUT2D eigenvalue weighted by molar-refractivity contribution is 5.53. The van der Waals surface area contributed by atoms with Gasteiger partial charge in [0.25, 0.3) is 0 Å². The normalized spacial score (nSPS) is 9.71. The van der Waals surface area contributed by atoms with E-state index in [0.717, 1.165) is 6.42 Å². The number of benzene rings is 1. The van der Waals surface area contributed by atoms with Gasteiger partial charge in [0.05, 0.1) is 0 Å². The number of allylic oxidation sites excluding steroid dienone is 2. The van der Waals surface area contributed by atoms with Crippen LogP contribution >= 0.6 is 0 Å². The lowest BCUT2D eigenvalue weighted by Crippen LogP contribution is -2.10. The highest BCUT2D eigenvalue weighted by atomic mass is 15.1. The molecule has 76 valence electrons. The van der Waals surface area contributed by atoms with E-state index >= 15 is 0 Å². The van der Waals surface area contributed by atoms with Crippen LogP contribution < -0.4 is 4.90 Å². The maximum absolute atomic E-state index is 2.27. The Kier molecular flexibility index (Phi) is 3.75. The Morgan fingerprint density at radius 1 is 1.21 bits per heavy atom. The van der Waals surface area contributed by atoms with Gasteiger partial charge >= 0.3 is 0 Å². The molecule has 0 amide bonds. The fourth-order valence-corrected chi connectivity index (χ4v) is 1.43. The zero-order valence-electron chi connectivity index (χ0n) is 9.54. The molecule has 0 aliphatic heterocycles. The van der Waals surface area contributed by atoms with E-state index in [-0.39, 0.29) is 0 Å². The first-order chi connectivity index (χ1) is 6.61. The average molecular weight is 189 g/mol. The first kappa shape index (κ1) is 10.8. The summed E-state index contributed by atoms with van der Waals surface area (Å²) in [5.74, 6) is 0. The van der Waals surface area contributed by atoms with Crippen molar-refractivity contribution < 1.29 is 0 Å². The standard InChI is InChI=1S/C13H19N/c1-11(2)9-10-12-7-5-6-8-13(12)14(3)4/h5-9H,10H2,1-4H3. The van der Waals surface area contributed by atoms with Gasteiger partial charge in [-0.05, 0) is 31.9 Å². The van der Waals surface area contributed by atoms with E-state index in [0.29, 0.717) is 0 Å². The summed E-state index contributed by atoms with van der Waals surface area (Å²) in [5.41, 5.74) is 4.07. The van der Waals surface area contributed by atoms with Crippen LogP contribution in [0, 0.1) is 0 Å². The molecule has 0 atom stereocenters. The van der Waals surface area contributed by atoms with Crippen molar-refractivity contribution in [2.75, 3.05) is 19.0 Å². The van der Waals surface area contributed by atoms with E-state index < -0.39 is 0 Å². The minimum absolute atomic E-state index is 1.02. The van der Waals surface area contributed by atoms with Crippen LogP contribution in [-0.2, 0) is 6.42 Å². The van der Waals surface area contributed by atoms with Gasteiger partial charge in [-0.1, -0.05) is 29.8 Å². The van der Waals surface area contributed by atoms with Crippen molar-refractivity contribution in [3.05, 3.63) is 41.5 Å². The molecule has 1 nitrogen and oxygen atoms in total. The molecule has 1 aromatic carbocycles. The maximum Gasteiger partial charge on any atom is 0.0396 e. The Balaban J connectivity index is 2.90. The lowest BCUT2D eigenvalue weighted by Gasteiger charge is -2.16. The number of nitrogens with zero attached hydrogens (tertiary/aromatic N) is 1. The van der Waals surface area contributed by atoms with E-state index in [4.69, 9.17) is 0 Å². The number of hydrogen-bond donors (Lipinski definition) is 0. The molecule has 0 saturated carbocycles. The topological polar surface area (TPSA) is 3.24 Å². The molecule has 0 radical (unpaired) electrons. The number of rotatable bonds is 3. The van der Waals surface area contributed by atoms with Gasteiger partial charge in [0.1, 0.15) is 0 Å². The Labute approximate surface area is 87.1 Å². The molecule has 0 unspecified atom stereocenters. The molecule has 0 bridgehead atoms. The molecule has 0 spiro atoms. The molecule has 0 saturated heterocycles. The molecule has 0 heterocycles. The molecule has 1 heteroatoms. The third kappa shape index (κ3) is 2.91. The Morgan fingerprint density at radius 3 is 2.43 bits per heavy atom. The fourth-order valence-electron chi connectivity index (χ4n) is 1.43. The van der Waals surface area contributed by atoms with Gasteiger partial charge in [0, 0.05) is 19.8 Å². The summed E-state index contributed by atoms with van der Waals surface area (Å²) >= 11 is 0.